The lowest BCUT2D eigenvalue weighted by atomic mass is 10.0. The van der Waals surface area contributed by atoms with Crippen molar-refractivity contribution in [1.82, 2.24) is 21.3 Å². The van der Waals surface area contributed by atoms with Crippen LogP contribution in [-0.2, 0) is 36.8 Å². The van der Waals surface area contributed by atoms with Gasteiger partial charge in [-0.25, -0.2) is 4.79 Å². The molecule has 2 aromatic carbocycles. The molecule has 4 unspecified atom stereocenters. The number of rotatable bonds is 13. The second-order valence-electron chi connectivity index (χ2n) is 9.40. The molecular formula is C27H33N5O7. The number of carboxylic acid groups (broad SMARTS) is 1. The molecule has 1 aliphatic heterocycles. The first-order valence-corrected chi connectivity index (χ1v) is 12.6. The van der Waals surface area contributed by atoms with Gasteiger partial charge in [0.05, 0.1) is 12.5 Å². The van der Waals surface area contributed by atoms with Crippen LogP contribution in [0.3, 0.4) is 0 Å². The number of aromatic hydroxyl groups is 1. The molecule has 1 heterocycles. The van der Waals surface area contributed by atoms with E-state index >= 15 is 0 Å². The number of nitrogens with two attached hydrogens (primary N) is 1. The van der Waals surface area contributed by atoms with Crippen LogP contribution in [-0.4, -0.2) is 70.5 Å². The molecule has 0 spiro atoms. The number of phenols is 1. The second-order valence-corrected chi connectivity index (χ2v) is 9.40. The molecule has 39 heavy (non-hydrogen) atoms. The zero-order chi connectivity index (χ0) is 28.4. The van der Waals surface area contributed by atoms with Crippen LogP contribution < -0.4 is 27.0 Å². The molecule has 208 valence electrons. The SMILES string of the molecule is NC(=O)CC(NC(=O)C(Cc1ccc(O)cc1)NC(=O)C1CCCN1)C(=O)NC(Cc1ccccc1)C(=O)O. The Labute approximate surface area is 225 Å². The third kappa shape index (κ3) is 9.11. The lowest BCUT2D eigenvalue weighted by Crippen LogP contribution is -2.58. The van der Waals surface area contributed by atoms with Crippen LogP contribution in [0.1, 0.15) is 30.4 Å². The Kier molecular flexibility index (Phi) is 10.4. The average molecular weight is 540 g/mol. The number of amides is 4. The van der Waals surface area contributed by atoms with Crippen molar-refractivity contribution in [2.75, 3.05) is 6.54 Å². The van der Waals surface area contributed by atoms with E-state index < -0.39 is 60.2 Å². The van der Waals surface area contributed by atoms with Gasteiger partial charge in [-0.05, 0) is 42.6 Å². The number of carboxylic acids is 1. The van der Waals surface area contributed by atoms with Crippen LogP contribution in [0.15, 0.2) is 54.6 Å². The molecular weight excluding hydrogens is 506 g/mol. The van der Waals surface area contributed by atoms with Gasteiger partial charge in [-0.15, -0.1) is 0 Å². The Hall–Kier alpha value is -4.45. The summed E-state index contributed by atoms with van der Waals surface area (Å²) < 4.78 is 0. The highest BCUT2D eigenvalue weighted by Gasteiger charge is 2.32. The zero-order valence-corrected chi connectivity index (χ0v) is 21.3. The molecule has 0 saturated carbocycles. The van der Waals surface area contributed by atoms with Gasteiger partial charge in [-0.2, -0.15) is 0 Å². The van der Waals surface area contributed by atoms with Crippen molar-refractivity contribution in [3.05, 3.63) is 65.7 Å². The molecule has 4 atom stereocenters. The van der Waals surface area contributed by atoms with Gasteiger partial charge in [0.2, 0.25) is 23.6 Å². The van der Waals surface area contributed by atoms with E-state index in [-0.39, 0.29) is 18.6 Å². The number of phenolic OH excluding ortho intramolecular Hbond substituents is 1. The van der Waals surface area contributed by atoms with Crippen molar-refractivity contribution in [1.29, 1.82) is 0 Å². The average Bonchev–Trinajstić information content (AvgIpc) is 3.44. The molecule has 0 radical (unpaired) electrons. The zero-order valence-electron chi connectivity index (χ0n) is 21.3. The number of primary amides is 1. The fraction of sp³-hybridized carbons (Fsp3) is 0.370. The van der Waals surface area contributed by atoms with Crippen molar-refractivity contribution in [2.24, 2.45) is 5.73 Å². The first-order valence-electron chi connectivity index (χ1n) is 12.6. The summed E-state index contributed by atoms with van der Waals surface area (Å²) in [7, 11) is 0. The molecule has 1 aliphatic rings. The molecule has 0 aromatic heterocycles. The maximum absolute atomic E-state index is 13.3. The fourth-order valence-corrected chi connectivity index (χ4v) is 4.26. The fourth-order valence-electron chi connectivity index (χ4n) is 4.26. The third-order valence-corrected chi connectivity index (χ3v) is 6.32. The standard InChI is InChI=1S/C27H33N5O7/c28-23(34)15-21(26(37)32-22(27(38)39)14-16-5-2-1-3-6-16)31-25(36)20(13-17-8-10-18(33)11-9-17)30-24(35)19-7-4-12-29-19/h1-3,5-6,8-11,19-22,29,33H,4,7,12-15H2,(H2,28,34)(H,30,35)(H,31,36)(H,32,37)(H,38,39). The van der Waals surface area contributed by atoms with Crippen molar-refractivity contribution >= 4 is 29.6 Å². The lowest BCUT2D eigenvalue weighted by molar-refractivity contribution is -0.142. The van der Waals surface area contributed by atoms with Gasteiger partial charge in [0.15, 0.2) is 0 Å². The van der Waals surface area contributed by atoms with Gasteiger partial charge >= 0.3 is 5.97 Å². The van der Waals surface area contributed by atoms with Gasteiger partial charge in [0.25, 0.3) is 0 Å². The second kappa shape index (κ2) is 13.9. The molecule has 0 aliphatic carbocycles. The maximum atomic E-state index is 13.3. The number of carbonyl (C=O) groups is 5. The van der Waals surface area contributed by atoms with Crippen LogP contribution in [0.2, 0.25) is 0 Å². The number of carbonyl (C=O) groups excluding carboxylic acids is 4. The van der Waals surface area contributed by atoms with E-state index in [0.717, 1.165) is 6.42 Å². The van der Waals surface area contributed by atoms with E-state index in [2.05, 4.69) is 21.3 Å². The molecule has 4 amide bonds. The minimum absolute atomic E-state index is 0.0208. The van der Waals surface area contributed by atoms with Gasteiger partial charge in [0.1, 0.15) is 23.9 Å². The normalized spacial score (nSPS) is 16.9. The van der Waals surface area contributed by atoms with Gasteiger partial charge < -0.3 is 37.2 Å². The summed E-state index contributed by atoms with van der Waals surface area (Å²) in [6.45, 7) is 0.668. The number of nitrogens with one attached hydrogen (secondary N) is 4. The Balaban J connectivity index is 1.76. The summed E-state index contributed by atoms with van der Waals surface area (Å²) in [6, 6.07) is 10.3. The molecule has 12 nitrogen and oxygen atoms in total. The molecule has 0 bridgehead atoms. The van der Waals surface area contributed by atoms with Crippen LogP contribution >= 0.6 is 0 Å². The molecule has 12 heteroatoms. The summed E-state index contributed by atoms with van der Waals surface area (Å²) in [4.78, 5) is 62.7. The monoisotopic (exact) mass is 539 g/mol. The Morgan fingerprint density at radius 1 is 0.846 bits per heavy atom. The summed E-state index contributed by atoms with van der Waals surface area (Å²) in [5, 5.41) is 29.8. The number of benzene rings is 2. The quantitative estimate of drug-likeness (QED) is 0.174. The summed E-state index contributed by atoms with van der Waals surface area (Å²) in [5.41, 5.74) is 6.60. The largest absolute Gasteiger partial charge is 0.508 e. The third-order valence-electron chi connectivity index (χ3n) is 6.32. The summed E-state index contributed by atoms with van der Waals surface area (Å²) in [6.07, 6.45) is 0.833. The van der Waals surface area contributed by atoms with Gasteiger partial charge in [-0.3, -0.25) is 19.2 Å². The predicted octanol–water partition coefficient (Wildman–Crippen LogP) is -0.656. The van der Waals surface area contributed by atoms with E-state index in [1.54, 1.807) is 42.5 Å². The Bertz CT molecular complexity index is 1170. The van der Waals surface area contributed by atoms with E-state index in [9.17, 15) is 34.2 Å². The number of aliphatic carboxylic acids is 1. The Morgan fingerprint density at radius 3 is 2.03 bits per heavy atom. The highest BCUT2D eigenvalue weighted by molar-refractivity contribution is 5.96. The van der Waals surface area contributed by atoms with Gasteiger partial charge in [0, 0.05) is 12.8 Å². The number of hydrogen-bond donors (Lipinski definition) is 7. The van der Waals surface area contributed by atoms with Crippen LogP contribution in [0, 0.1) is 0 Å². The van der Waals surface area contributed by atoms with Crippen molar-refractivity contribution in [3.8, 4) is 5.75 Å². The van der Waals surface area contributed by atoms with Crippen molar-refractivity contribution in [2.45, 2.75) is 56.3 Å². The van der Waals surface area contributed by atoms with E-state index in [1.165, 1.54) is 12.1 Å². The highest BCUT2D eigenvalue weighted by atomic mass is 16.4. The predicted molar refractivity (Wildman–Crippen MR) is 140 cm³/mol. The van der Waals surface area contributed by atoms with Crippen LogP contribution in [0.4, 0.5) is 0 Å². The summed E-state index contributed by atoms with van der Waals surface area (Å²) in [5.74, 6) is -4.21. The van der Waals surface area contributed by atoms with Crippen LogP contribution in [0.5, 0.6) is 5.75 Å². The topological polar surface area (TPSA) is 200 Å². The maximum Gasteiger partial charge on any atom is 0.326 e. The minimum Gasteiger partial charge on any atom is -0.508 e. The lowest BCUT2D eigenvalue weighted by Gasteiger charge is -2.25. The summed E-state index contributed by atoms with van der Waals surface area (Å²) >= 11 is 0. The molecule has 8 N–H and O–H groups in total. The molecule has 1 fully saturated rings. The van der Waals surface area contributed by atoms with Crippen molar-refractivity contribution < 1.29 is 34.2 Å². The van der Waals surface area contributed by atoms with Gasteiger partial charge in [-0.1, -0.05) is 42.5 Å². The highest BCUT2D eigenvalue weighted by Crippen LogP contribution is 2.13. The minimum atomic E-state index is -1.48. The smallest absolute Gasteiger partial charge is 0.326 e. The van der Waals surface area contributed by atoms with E-state index in [4.69, 9.17) is 5.73 Å². The van der Waals surface area contributed by atoms with E-state index in [0.29, 0.717) is 24.1 Å². The first kappa shape index (κ1) is 29.1. The molecule has 3 rings (SSSR count). The first-order chi connectivity index (χ1) is 18.6. The van der Waals surface area contributed by atoms with Crippen molar-refractivity contribution in [3.63, 3.8) is 0 Å². The van der Waals surface area contributed by atoms with Crippen LogP contribution in [0.25, 0.3) is 0 Å². The Morgan fingerprint density at radius 2 is 1.44 bits per heavy atom. The molecule has 2 aromatic rings. The van der Waals surface area contributed by atoms with E-state index in [1.807, 2.05) is 0 Å². The molecule has 1 saturated heterocycles. The number of hydrogen-bond acceptors (Lipinski definition) is 7.